The second-order valence-electron chi connectivity index (χ2n) is 4.33. The lowest BCUT2D eigenvalue weighted by Crippen LogP contribution is -2.33. The third-order valence-corrected chi connectivity index (χ3v) is 3.57. The summed E-state index contributed by atoms with van der Waals surface area (Å²) in [5.74, 6) is -0.996. The maximum absolute atomic E-state index is 6.14. The number of hydrogen-bond acceptors (Lipinski definition) is 3. The molecule has 3 nitrogen and oxygen atoms in total. The van der Waals surface area contributed by atoms with Crippen LogP contribution in [0.3, 0.4) is 0 Å². The second-order valence-corrected chi connectivity index (χ2v) is 4.77. The topological polar surface area (TPSA) is 30.5 Å². The van der Waals surface area contributed by atoms with E-state index in [9.17, 15) is 0 Å². The van der Waals surface area contributed by atoms with Crippen LogP contribution in [0.15, 0.2) is 48.5 Å². The van der Waals surface area contributed by atoms with Gasteiger partial charge in [-0.1, -0.05) is 41.9 Å². The molecular weight excluding hydrogens is 274 g/mol. The maximum Gasteiger partial charge on any atom is 0.223 e. The van der Waals surface area contributed by atoms with Crippen LogP contribution in [0.2, 0.25) is 5.02 Å². The van der Waals surface area contributed by atoms with Gasteiger partial charge in [0, 0.05) is 43.1 Å². The van der Waals surface area contributed by atoms with Crippen LogP contribution in [0.25, 0.3) is 0 Å². The highest BCUT2D eigenvalue weighted by Gasteiger charge is 2.36. The Kier molecular flexibility index (Phi) is 4.65. The average molecular weight is 292 g/mol. The van der Waals surface area contributed by atoms with E-state index in [0.717, 1.165) is 16.8 Å². The van der Waals surface area contributed by atoms with Crippen molar-refractivity contribution in [2.45, 2.75) is 5.79 Å². The molecule has 2 aromatic rings. The van der Waals surface area contributed by atoms with Gasteiger partial charge >= 0.3 is 0 Å². The van der Waals surface area contributed by atoms with E-state index in [1.807, 2.05) is 55.6 Å². The van der Waals surface area contributed by atoms with Gasteiger partial charge in [0.1, 0.15) is 0 Å². The van der Waals surface area contributed by atoms with Gasteiger partial charge in [-0.2, -0.15) is 0 Å². The monoisotopic (exact) mass is 291 g/mol. The van der Waals surface area contributed by atoms with E-state index in [4.69, 9.17) is 21.1 Å². The molecule has 0 amide bonds. The third-order valence-electron chi connectivity index (χ3n) is 3.33. The van der Waals surface area contributed by atoms with Gasteiger partial charge in [0.15, 0.2) is 0 Å². The third kappa shape index (κ3) is 2.52. The van der Waals surface area contributed by atoms with Crippen molar-refractivity contribution in [1.29, 1.82) is 0 Å². The molecule has 0 aliphatic heterocycles. The van der Waals surface area contributed by atoms with Crippen LogP contribution in [0.1, 0.15) is 11.1 Å². The Hall–Kier alpha value is -1.55. The molecule has 20 heavy (non-hydrogen) atoms. The summed E-state index contributed by atoms with van der Waals surface area (Å²) in [5, 5.41) is 3.78. The van der Waals surface area contributed by atoms with Crippen molar-refractivity contribution in [2.75, 3.05) is 26.6 Å². The van der Waals surface area contributed by atoms with Gasteiger partial charge in [0.2, 0.25) is 5.79 Å². The lowest BCUT2D eigenvalue weighted by Gasteiger charge is -2.33. The molecular formula is C16H18ClNO2. The van der Waals surface area contributed by atoms with Gasteiger partial charge in [-0.15, -0.1) is 0 Å². The van der Waals surface area contributed by atoms with Crippen molar-refractivity contribution in [2.24, 2.45) is 0 Å². The lowest BCUT2D eigenvalue weighted by atomic mass is 9.95. The molecule has 106 valence electrons. The standard InChI is InChI=1S/C16H18ClNO2/c1-18-15-10-9-13(17)11-14(15)16(19-2,20-3)12-7-5-4-6-8-12/h4-11,18H,1-3H3. The summed E-state index contributed by atoms with van der Waals surface area (Å²) in [5.41, 5.74) is 2.65. The molecule has 0 heterocycles. The first-order chi connectivity index (χ1) is 9.67. The normalized spacial score (nSPS) is 11.4. The number of hydrogen-bond donors (Lipinski definition) is 1. The average Bonchev–Trinajstić information content (AvgIpc) is 2.50. The van der Waals surface area contributed by atoms with Gasteiger partial charge in [-0.25, -0.2) is 0 Å². The molecule has 0 saturated carbocycles. The molecule has 0 saturated heterocycles. The SMILES string of the molecule is CNc1ccc(Cl)cc1C(OC)(OC)c1ccccc1. The fourth-order valence-electron chi connectivity index (χ4n) is 2.36. The molecule has 0 fully saturated rings. The Morgan fingerprint density at radius 1 is 1.00 bits per heavy atom. The predicted molar refractivity (Wildman–Crippen MR) is 82.2 cm³/mol. The highest BCUT2D eigenvalue weighted by molar-refractivity contribution is 6.30. The maximum atomic E-state index is 6.14. The van der Waals surface area contributed by atoms with Crippen molar-refractivity contribution in [3.63, 3.8) is 0 Å². The summed E-state index contributed by atoms with van der Waals surface area (Å²) in [6, 6.07) is 15.4. The minimum absolute atomic E-state index is 0.633. The smallest absolute Gasteiger partial charge is 0.223 e. The van der Waals surface area contributed by atoms with Gasteiger partial charge in [-0.05, 0) is 18.2 Å². The lowest BCUT2D eigenvalue weighted by molar-refractivity contribution is -0.183. The first-order valence-electron chi connectivity index (χ1n) is 6.31. The summed E-state index contributed by atoms with van der Waals surface area (Å²) >= 11 is 6.14. The molecule has 4 heteroatoms. The van der Waals surface area contributed by atoms with E-state index in [1.54, 1.807) is 14.2 Å². The zero-order valence-electron chi connectivity index (χ0n) is 11.8. The molecule has 0 spiro atoms. The number of anilines is 1. The highest BCUT2D eigenvalue weighted by Crippen LogP contribution is 2.39. The van der Waals surface area contributed by atoms with Crippen molar-refractivity contribution in [1.82, 2.24) is 0 Å². The Morgan fingerprint density at radius 3 is 2.20 bits per heavy atom. The zero-order valence-corrected chi connectivity index (χ0v) is 12.6. The van der Waals surface area contributed by atoms with Crippen molar-refractivity contribution in [3.05, 3.63) is 64.7 Å². The Labute approximate surface area is 124 Å². The highest BCUT2D eigenvalue weighted by atomic mass is 35.5. The van der Waals surface area contributed by atoms with Gasteiger partial charge < -0.3 is 14.8 Å². The number of methoxy groups -OCH3 is 2. The minimum Gasteiger partial charge on any atom is -0.388 e. The summed E-state index contributed by atoms with van der Waals surface area (Å²) in [7, 11) is 5.10. The van der Waals surface area contributed by atoms with Crippen molar-refractivity contribution < 1.29 is 9.47 Å². The minimum atomic E-state index is -0.996. The van der Waals surface area contributed by atoms with Crippen LogP contribution in [-0.2, 0) is 15.3 Å². The van der Waals surface area contributed by atoms with Gasteiger partial charge in [-0.3, -0.25) is 0 Å². The molecule has 1 N–H and O–H groups in total. The molecule has 0 aromatic heterocycles. The van der Waals surface area contributed by atoms with Crippen LogP contribution in [0.4, 0.5) is 5.69 Å². The Balaban J connectivity index is 2.68. The number of nitrogens with one attached hydrogen (secondary N) is 1. The van der Waals surface area contributed by atoms with E-state index < -0.39 is 5.79 Å². The number of benzene rings is 2. The van der Waals surface area contributed by atoms with Gasteiger partial charge in [0.05, 0.1) is 0 Å². The second kappa shape index (κ2) is 6.27. The summed E-state index contributed by atoms with van der Waals surface area (Å²) < 4.78 is 11.5. The first kappa shape index (κ1) is 14.9. The van der Waals surface area contributed by atoms with E-state index in [-0.39, 0.29) is 0 Å². The van der Waals surface area contributed by atoms with Gasteiger partial charge in [0.25, 0.3) is 0 Å². The van der Waals surface area contributed by atoms with E-state index in [2.05, 4.69) is 5.32 Å². The van der Waals surface area contributed by atoms with Crippen LogP contribution in [-0.4, -0.2) is 21.3 Å². The number of rotatable bonds is 5. The summed E-state index contributed by atoms with van der Waals surface area (Å²) in [6.45, 7) is 0. The Bertz CT molecular complexity index is 568. The molecule has 0 bridgehead atoms. The van der Waals surface area contributed by atoms with E-state index in [0.29, 0.717) is 5.02 Å². The zero-order chi connectivity index (χ0) is 14.6. The fraction of sp³-hybridized carbons (Fsp3) is 0.250. The molecule has 0 unspecified atom stereocenters. The van der Waals surface area contributed by atoms with Crippen molar-refractivity contribution >= 4 is 17.3 Å². The van der Waals surface area contributed by atoms with Crippen LogP contribution >= 0.6 is 11.6 Å². The summed E-state index contributed by atoms with van der Waals surface area (Å²) in [6.07, 6.45) is 0. The fourth-order valence-corrected chi connectivity index (χ4v) is 2.53. The van der Waals surface area contributed by atoms with Crippen LogP contribution < -0.4 is 5.32 Å². The Morgan fingerprint density at radius 2 is 1.65 bits per heavy atom. The molecule has 2 rings (SSSR count). The van der Waals surface area contributed by atoms with Crippen molar-refractivity contribution in [3.8, 4) is 0 Å². The van der Waals surface area contributed by atoms with E-state index >= 15 is 0 Å². The molecule has 2 aromatic carbocycles. The first-order valence-corrected chi connectivity index (χ1v) is 6.69. The predicted octanol–water partition coefficient (Wildman–Crippen LogP) is 3.88. The van der Waals surface area contributed by atoms with E-state index in [1.165, 1.54) is 0 Å². The number of ether oxygens (including phenoxy) is 2. The molecule has 0 radical (unpaired) electrons. The quantitative estimate of drug-likeness (QED) is 0.848. The van der Waals surface area contributed by atoms with Crippen LogP contribution in [0, 0.1) is 0 Å². The summed E-state index contributed by atoms with van der Waals surface area (Å²) in [4.78, 5) is 0. The molecule has 0 aliphatic carbocycles. The largest absolute Gasteiger partial charge is 0.388 e. The van der Waals surface area contributed by atoms with Crippen LogP contribution in [0.5, 0.6) is 0 Å². The number of halogens is 1. The molecule has 0 atom stereocenters. The molecule has 0 aliphatic rings.